The number of aromatic nitrogens is 3. The molecule has 16 heavy (non-hydrogen) atoms. The van der Waals surface area contributed by atoms with E-state index in [1.807, 2.05) is 0 Å². The molecule has 0 bridgehead atoms. The molecule has 1 heterocycles. The number of aryl methyl sites for hydroxylation is 1. The first-order valence-electron chi connectivity index (χ1n) is 4.65. The van der Waals surface area contributed by atoms with Gasteiger partial charge in [0.15, 0.2) is 17.5 Å². The van der Waals surface area contributed by atoms with E-state index in [0.29, 0.717) is 11.3 Å². The largest absolute Gasteiger partial charge is 0.381 e. The molecular weight excluding hydrogens is 214 g/mol. The molecule has 0 spiro atoms. The van der Waals surface area contributed by atoms with Crippen molar-refractivity contribution in [3.63, 3.8) is 0 Å². The zero-order valence-electron chi connectivity index (χ0n) is 8.83. The Bertz CT molecular complexity index is 548. The molecule has 2 aromatic rings. The molecule has 6 heteroatoms. The van der Waals surface area contributed by atoms with Crippen LogP contribution in [0.4, 0.5) is 14.6 Å². The Labute approximate surface area is 90.7 Å². The third-order valence-electron chi connectivity index (χ3n) is 2.40. The van der Waals surface area contributed by atoms with Gasteiger partial charge in [0.05, 0.1) is 5.69 Å². The van der Waals surface area contributed by atoms with Crippen LogP contribution in [0.15, 0.2) is 12.1 Å². The third kappa shape index (κ3) is 1.42. The molecule has 2 N–H and O–H groups in total. The second kappa shape index (κ2) is 3.55. The number of rotatable bonds is 1. The van der Waals surface area contributed by atoms with Gasteiger partial charge in [0.25, 0.3) is 0 Å². The van der Waals surface area contributed by atoms with Crippen LogP contribution in [0.3, 0.4) is 0 Å². The highest BCUT2D eigenvalue weighted by Crippen LogP contribution is 2.22. The Morgan fingerprint density at radius 2 is 1.94 bits per heavy atom. The quantitative estimate of drug-likeness (QED) is 0.802. The number of hydrogen-bond acceptors (Lipinski definition) is 3. The van der Waals surface area contributed by atoms with E-state index < -0.39 is 11.6 Å². The minimum Gasteiger partial charge on any atom is -0.381 e. The summed E-state index contributed by atoms with van der Waals surface area (Å²) in [6.07, 6.45) is 0. The molecule has 0 unspecified atom stereocenters. The van der Waals surface area contributed by atoms with E-state index in [1.165, 1.54) is 12.1 Å². The fourth-order valence-corrected chi connectivity index (χ4v) is 1.39. The summed E-state index contributed by atoms with van der Waals surface area (Å²) < 4.78 is 28.4. The normalized spacial score (nSPS) is 10.8. The van der Waals surface area contributed by atoms with Gasteiger partial charge >= 0.3 is 0 Å². The molecule has 0 amide bonds. The minimum absolute atomic E-state index is 0.153. The third-order valence-corrected chi connectivity index (χ3v) is 2.40. The summed E-state index contributed by atoms with van der Waals surface area (Å²) in [4.78, 5) is 0. The van der Waals surface area contributed by atoms with Gasteiger partial charge < -0.3 is 5.73 Å². The first-order valence-corrected chi connectivity index (χ1v) is 4.65. The van der Waals surface area contributed by atoms with Gasteiger partial charge in [-0.1, -0.05) is 11.3 Å². The van der Waals surface area contributed by atoms with Crippen molar-refractivity contribution in [1.29, 1.82) is 0 Å². The van der Waals surface area contributed by atoms with Crippen LogP contribution in [0.2, 0.25) is 0 Å². The highest BCUT2D eigenvalue weighted by molar-refractivity contribution is 5.43. The average molecular weight is 224 g/mol. The Morgan fingerprint density at radius 1 is 1.25 bits per heavy atom. The maximum absolute atomic E-state index is 13.8. The summed E-state index contributed by atoms with van der Waals surface area (Å²) >= 11 is 0. The molecule has 0 aliphatic heterocycles. The second-order valence-electron chi connectivity index (χ2n) is 3.50. The number of benzene rings is 1. The van der Waals surface area contributed by atoms with Crippen LogP contribution in [-0.4, -0.2) is 15.0 Å². The maximum atomic E-state index is 13.8. The molecule has 0 saturated carbocycles. The summed E-state index contributed by atoms with van der Waals surface area (Å²) in [6.45, 7) is 3.14. The Morgan fingerprint density at radius 3 is 2.50 bits per heavy atom. The number of anilines is 1. The fourth-order valence-electron chi connectivity index (χ4n) is 1.39. The van der Waals surface area contributed by atoms with E-state index in [0.717, 1.165) is 4.68 Å². The van der Waals surface area contributed by atoms with Crippen molar-refractivity contribution in [1.82, 2.24) is 15.0 Å². The van der Waals surface area contributed by atoms with E-state index in [4.69, 9.17) is 5.73 Å². The van der Waals surface area contributed by atoms with Gasteiger partial charge in [-0.25, -0.2) is 13.5 Å². The number of nitrogen functional groups attached to an aromatic ring is 1. The molecule has 0 radical (unpaired) electrons. The fraction of sp³-hybridized carbons (Fsp3) is 0.200. The molecule has 84 valence electrons. The standard InChI is InChI=1S/C10H10F2N4/c1-5-3-4-7(11)9(8(5)12)16-6(2)10(13)14-15-16/h3-4H,13H2,1-2H3. The van der Waals surface area contributed by atoms with Crippen molar-refractivity contribution >= 4 is 5.82 Å². The predicted molar refractivity (Wildman–Crippen MR) is 55.2 cm³/mol. The first kappa shape index (κ1) is 10.5. The van der Waals surface area contributed by atoms with E-state index in [1.54, 1.807) is 13.8 Å². The monoisotopic (exact) mass is 224 g/mol. The molecule has 0 saturated heterocycles. The summed E-state index contributed by atoms with van der Waals surface area (Å²) in [5.41, 5.74) is 5.97. The lowest BCUT2D eigenvalue weighted by atomic mass is 10.2. The van der Waals surface area contributed by atoms with Gasteiger partial charge in [-0.05, 0) is 25.5 Å². The number of hydrogen-bond donors (Lipinski definition) is 1. The molecule has 0 aliphatic carbocycles. The van der Waals surface area contributed by atoms with Crippen LogP contribution >= 0.6 is 0 Å². The summed E-state index contributed by atoms with van der Waals surface area (Å²) in [6, 6.07) is 2.55. The Balaban J connectivity index is 2.73. The van der Waals surface area contributed by atoms with Gasteiger partial charge in [-0.2, -0.15) is 0 Å². The van der Waals surface area contributed by atoms with Crippen LogP contribution in [0.25, 0.3) is 5.69 Å². The van der Waals surface area contributed by atoms with Crippen molar-refractivity contribution in [2.75, 3.05) is 5.73 Å². The Kier molecular flexibility index (Phi) is 2.34. The predicted octanol–water partition coefficient (Wildman–Crippen LogP) is 1.74. The summed E-state index contributed by atoms with van der Waals surface area (Å²) in [5.74, 6) is -1.20. The van der Waals surface area contributed by atoms with Gasteiger partial charge in [-0.15, -0.1) is 5.10 Å². The van der Waals surface area contributed by atoms with E-state index in [-0.39, 0.29) is 11.5 Å². The van der Waals surface area contributed by atoms with E-state index >= 15 is 0 Å². The van der Waals surface area contributed by atoms with E-state index in [9.17, 15) is 8.78 Å². The average Bonchev–Trinajstić information content (AvgIpc) is 2.56. The molecule has 0 aliphatic rings. The van der Waals surface area contributed by atoms with Crippen LogP contribution in [0.5, 0.6) is 0 Å². The molecular formula is C10H10F2N4. The first-order chi connectivity index (χ1) is 7.52. The van der Waals surface area contributed by atoms with Crippen molar-refractivity contribution in [3.8, 4) is 5.69 Å². The lowest BCUT2D eigenvalue weighted by molar-refractivity contribution is 0.548. The number of nitrogens with two attached hydrogens (primary N) is 1. The van der Waals surface area contributed by atoms with Gasteiger partial charge in [0, 0.05) is 0 Å². The van der Waals surface area contributed by atoms with Crippen LogP contribution < -0.4 is 5.73 Å². The molecule has 0 atom stereocenters. The van der Waals surface area contributed by atoms with Gasteiger partial charge in [0.2, 0.25) is 0 Å². The van der Waals surface area contributed by atoms with Crippen LogP contribution in [0.1, 0.15) is 11.3 Å². The number of halogens is 2. The zero-order chi connectivity index (χ0) is 11.9. The molecule has 0 fully saturated rings. The summed E-state index contributed by atoms with van der Waals surface area (Å²) in [7, 11) is 0. The Hall–Kier alpha value is -1.98. The van der Waals surface area contributed by atoms with Crippen molar-refractivity contribution < 1.29 is 8.78 Å². The SMILES string of the molecule is Cc1ccc(F)c(-n2nnc(N)c2C)c1F. The topological polar surface area (TPSA) is 56.7 Å². The van der Waals surface area contributed by atoms with Gasteiger partial charge in [0.1, 0.15) is 5.69 Å². The zero-order valence-corrected chi connectivity index (χ0v) is 8.83. The lowest BCUT2D eigenvalue weighted by Crippen LogP contribution is -2.07. The van der Waals surface area contributed by atoms with E-state index in [2.05, 4.69) is 10.3 Å². The van der Waals surface area contributed by atoms with Crippen LogP contribution in [0, 0.1) is 25.5 Å². The second-order valence-corrected chi connectivity index (χ2v) is 3.50. The van der Waals surface area contributed by atoms with Crippen molar-refractivity contribution in [2.45, 2.75) is 13.8 Å². The smallest absolute Gasteiger partial charge is 0.169 e. The maximum Gasteiger partial charge on any atom is 0.169 e. The highest BCUT2D eigenvalue weighted by atomic mass is 19.1. The van der Waals surface area contributed by atoms with Crippen LogP contribution in [-0.2, 0) is 0 Å². The molecule has 1 aromatic heterocycles. The van der Waals surface area contributed by atoms with Crippen molar-refractivity contribution in [3.05, 3.63) is 35.0 Å². The minimum atomic E-state index is -0.698. The lowest BCUT2D eigenvalue weighted by Gasteiger charge is -2.07. The van der Waals surface area contributed by atoms with Gasteiger partial charge in [-0.3, -0.25) is 0 Å². The molecule has 2 rings (SSSR count). The molecule has 1 aromatic carbocycles. The molecule has 4 nitrogen and oxygen atoms in total. The summed E-state index contributed by atoms with van der Waals surface area (Å²) in [5, 5.41) is 7.17. The number of nitrogens with zero attached hydrogens (tertiary/aromatic N) is 3. The van der Waals surface area contributed by atoms with Crippen molar-refractivity contribution in [2.24, 2.45) is 0 Å². The highest BCUT2D eigenvalue weighted by Gasteiger charge is 2.17.